The van der Waals surface area contributed by atoms with Crippen LogP contribution in [0.2, 0.25) is 0 Å². The van der Waals surface area contributed by atoms with Gasteiger partial charge in [0.1, 0.15) is 11.4 Å². The number of hydrogen-bond donors (Lipinski definition) is 2. The lowest BCUT2D eigenvalue weighted by Gasteiger charge is -2.24. The quantitative estimate of drug-likeness (QED) is 0.737. The number of ether oxygens (including phenoxy) is 1. The van der Waals surface area contributed by atoms with Crippen molar-refractivity contribution in [3.05, 3.63) is 24.0 Å². The van der Waals surface area contributed by atoms with Gasteiger partial charge >= 0.3 is 6.09 Å². The normalized spacial score (nSPS) is 11.3. The van der Waals surface area contributed by atoms with E-state index in [0.717, 1.165) is 5.69 Å². The standard InChI is InChI=1S/C18H30FN3O2/c1-13(2)22(6)16-9-8-14(12-15(16)19)20-10-7-11-21-17(23)24-18(3,4)5/h8-9,12-13,20H,7,10-11H2,1-6H3,(H,21,23). The SMILES string of the molecule is CC(C)N(C)c1ccc(NCCCNC(=O)OC(C)(C)C)cc1F. The molecule has 0 heterocycles. The molecule has 1 amide bonds. The van der Waals surface area contributed by atoms with Gasteiger partial charge in [0, 0.05) is 31.9 Å². The minimum Gasteiger partial charge on any atom is -0.444 e. The van der Waals surface area contributed by atoms with Crippen molar-refractivity contribution in [3.8, 4) is 0 Å². The van der Waals surface area contributed by atoms with E-state index in [-0.39, 0.29) is 11.9 Å². The predicted octanol–water partition coefficient (Wildman–Crippen LogP) is 4.00. The van der Waals surface area contributed by atoms with E-state index in [0.29, 0.717) is 25.2 Å². The van der Waals surface area contributed by atoms with Crippen LogP contribution in [0.3, 0.4) is 0 Å². The minimum absolute atomic E-state index is 0.234. The fourth-order valence-electron chi connectivity index (χ4n) is 2.01. The molecule has 1 rings (SSSR count). The van der Waals surface area contributed by atoms with Gasteiger partial charge < -0.3 is 20.3 Å². The molecule has 0 unspecified atom stereocenters. The van der Waals surface area contributed by atoms with E-state index in [1.807, 2.05) is 52.6 Å². The Morgan fingerprint density at radius 1 is 1.29 bits per heavy atom. The molecule has 5 nitrogen and oxygen atoms in total. The van der Waals surface area contributed by atoms with E-state index in [9.17, 15) is 9.18 Å². The van der Waals surface area contributed by atoms with Crippen LogP contribution >= 0.6 is 0 Å². The molecule has 24 heavy (non-hydrogen) atoms. The van der Waals surface area contributed by atoms with Gasteiger partial charge in [-0.1, -0.05) is 0 Å². The van der Waals surface area contributed by atoms with Crippen LogP contribution < -0.4 is 15.5 Å². The molecular formula is C18H30FN3O2. The summed E-state index contributed by atoms with van der Waals surface area (Å²) in [5.41, 5.74) is 0.818. The van der Waals surface area contributed by atoms with Crippen LogP contribution in [-0.4, -0.2) is 37.9 Å². The van der Waals surface area contributed by atoms with Crippen molar-refractivity contribution in [3.63, 3.8) is 0 Å². The Balaban J connectivity index is 2.36. The van der Waals surface area contributed by atoms with Crippen LogP contribution in [0.25, 0.3) is 0 Å². The molecule has 0 saturated carbocycles. The summed E-state index contributed by atoms with van der Waals surface area (Å²) in [6.45, 7) is 10.6. The summed E-state index contributed by atoms with van der Waals surface area (Å²) in [7, 11) is 1.87. The summed E-state index contributed by atoms with van der Waals surface area (Å²) in [6.07, 6.45) is 0.295. The van der Waals surface area contributed by atoms with Crippen molar-refractivity contribution in [2.24, 2.45) is 0 Å². The summed E-state index contributed by atoms with van der Waals surface area (Å²) < 4.78 is 19.3. The smallest absolute Gasteiger partial charge is 0.407 e. The first-order valence-corrected chi connectivity index (χ1v) is 8.33. The fourth-order valence-corrected chi connectivity index (χ4v) is 2.01. The average molecular weight is 339 g/mol. The van der Waals surface area contributed by atoms with E-state index in [1.165, 1.54) is 6.07 Å². The number of nitrogens with zero attached hydrogens (tertiary/aromatic N) is 1. The summed E-state index contributed by atoms with van der Waals surface area (Å²) in [5.74, 6) is -0.247. The Hall–Kier alpha value is -1.98. The third kappa shape index (κ3) is 7.06. The molecule has 0 fully saturated rings. The molecule has 136 valence electrons. The van der Waals surface area contributed by atoms with Crippen LogP contribution in [0, 0.1) is 5.82 Å². The van der Waals surface area contributed by atoms with Crippen LogP contribution in [0.4, 0.5) is 20.6 Å². The molecule has 0 atom stereocenters. The van der Waals surface area contributed by atoms with Crippen LogP contribution in [0.5, 0.6) is 0 Å². The number of hydrogen-bond acceptors (Lipinski definition) is 4. The number of carbonyl (C=O) groups is 1. The lowest BCUT2D eigenvalue weighted by molar-refractivity contribution is 0.0528. The molecule has 0 saturated heterocycles. The number of benzene rings is 1. The van der Waals surface area contributed by atoms with Crippen LogP contribution in [0.15, 0.2) is 18.2 Å². The highest BCUT2D eigenvalue weighted by atomic mass is 19.1. The van der Waals surface area contributed by atoms with E-state index in [2.05, 4.69) is 10.6 Å². The Labute approximate surface area is 144 Å². The van der Waals surface area contributed by atoms with Gasteiger partial charge in [0.2, 0.25) is 0 Å². The minimum atomic E-state index is -0.495. The zero-order valence-corrected chi connectivity index (χ0v) is 15.6. The summed E-state index contributed by atoms with van der Waals surface area (Å²) >= 11 is 0. The van der Waals surface area contributed by atoms with Crippen LogP contribution in [0.1, 0.15) is 41.0 Å². The first-order valence-electron chi connectivity index (χ1n) is 8.33. The molecule has 0 spiro atoms. The summed E-state index contributed by atoms with van der Waals surface area (Å²) in [4.78, 5) is 13.4. The highest BCUT2D eigenvalue weighted by Crippen LogP contribution is 2.23. The molecule has 0 aliphatic rings. The van der Waals surface area contributed by atoms with E-state index in [4.69, 9.17) is 4.74 Å². The second kappa shape index (κ2) is 8.76. The van der Waals surface area contributed by atoms with Gasteiger partial charge in [-0.3, -0.25) is 0 Å². The second-order valence-electron chi connectivity index (χ2n) is 7.08. The number of amides is 1. The zero-order valence-electron chi connectivity index (χ0n) is 15.6. The molecule has 0 bridgehead atoms. The van der Waals surface area contributed by atoms with E-state index in [1.54, 1.807) is 6.07 Å². The maximum absolute atomic E-state index is 14.1. The van der Waals surface area contributed by atoms with Crippen LogP contribution in [-0.2, 0) is 4.74 Å². The van der Waals surface area contributed by atoms with Gasteiger partial charge in [0.05, 0.1) is 5.69 Å². The molecule has 6 heteroatoms. The van der Waals surface area contributed by atoms with Crippen molar-refractivity contribution in [1.82, 2.24) is 5.32 Å². The highest BCUT2D eigenvalue weighted by Gasteiger charge is 2.15. The first kappa shape index (κ1) is 20.1. The van der Waals surface area contributed by atoms with Crippen molar-refractivity contribution in [2.75, 3.05) is 30.4 Å². The van der Waals surface area contributed by atoms with Crippen molar-refractivity contribution < 1.29 is 13.9 Å². The third-order valence-corrected chi connectivity index (χ3v) is 3.45. The number of alkyl carbamates (subject to hydrolysis) is 1. The average Bonchev–Trinajstić information content (AvgIpc) is 2.44. The third-order valence-electron chi connectivity index (χ3n) is 3.45. The Morgan fingerprint density at radius 3 is 2.50 bits per heavy atom. The molecule has 1 aromatic rings. The second-order valence-corrected chi connectivity index (χ2v) is 7.08. The lowest BCUT2D eigenvalue weighted by atomic mass is 10.2. The van der Waals surface area contributed by atoms with E-state index < -0.39 is 11.7 Å². The molecule has 0 aromatic heterocycles. The predicted molar refractivity (Wildman–Crippen MR) is 97.3 cm³/mol. The lowest BCUT2D eigenvalue weighted by Crippen LogP contribution is -2.33. The summed E-state index contributed by atoms with van der Waals surface area (Å²) in [5, 5.41) is 5.84. The number of carbonyl (C=O) groups excluding carboxylic acids is 1. The number of rotatable bonds is 7. The van der Waals surface area contributed by atoms with Gasteiger partial charge in [-0.25, -0.2) is 9.18 Å². The van der Waals surface area contributed by atoms with E-state index >= 15 is 0 Å². The number of anilines is 2. The van der Waals surface area contributed by atoms with Gasteiger partial charge in [-0.15, -0.1) is 0 Å². The number of halogens is 1. The Bertz CT molecular complexity index is 542. The van der Waals surface area contributed by atoms with Gasteiger partial charge in [0.15, 0.2) is 0 Å². The molecular weight excluding hydrogens is 309 g/mol. The molecule has 0 aliphatic heterocycles. The monoisotopic (exact) mass is 339 g/mol. The maximum atomic E-state index is 14.1. The molecule has 0 radical (unpaired) electrons. The zero-order chi connectivity index (χ0) is 18.3. The number of nitrogens with one attached hydrogen (secondary N) is 2. The van der Waals surface area contributed by atoms with Crippen molar-refractivity contribution in [1.29, 1.82) is 0 Å². The van der Waals surface area contributed by atoms with Gasteiger partial charge in [-0.2, -0.15) is 0 Å². The molecule has 2 N–H and O–H groups in total. The summed E-state index contributed by atoms with van der Waals surface area (Å²) in [6, 6.07) is 5.36. The topological polar surface area (TPSA) is 53.6 Å². The highest BCUT2D eigenvalue weighted by molar-refractivity contribution is 5.67. The van der Waals surface area contributed by atoms with Crippen molar-refractivity contribution >= 4 is 17.5 Å². The fraction of sp³-hybridized carbons (Fsp3) is 0.611. The maximum Gasteiger partial charge on any atom is 0.407 e. The largest absolute Gasteiger partial charge is 0.444 e. The molecule has 1 aromatic carbocycles. The first-order chi connectivity index (χ1) is 11.1. The Kier molecular flexibility index (Phi) is 7.32. The van der Waals surface area contributed by atoms with Gasteiger partial charge in [0.25, 0.3) is 0 Å². The van der Waals surface area contributed by atoms with Gasteiger partial charge in [-0.05, 0) is 59.2 Å². The Morgan fingerprint density at radius 2 is 1.96 bits per heavy atom. The van der Waals surface area contributed by atoms with Crippen molar-refractivity contribution in [2.45, 2.75) is 52.7 Å². The molecule has 0 aliphatic carbocycles.